The number of nitrogens with two attached hydrogens (primary N) is 1. The Morgan fingerprint density at radius 3 is 2.30 bits per heavy atom. The molecule has 0 aliphatic rings. The molecule has 1 aromatic rings. The molecule has 1 aromatic carbocycles. The van der Waals surface area contributed by atoms with Crippen LogP contribution in [0.1, 0.15) is 38.3 Å². The molecule has 20 heavy (non-hydrogen) atoms. The van der Waals surface area contributed by atoms with Crippen LogP contribution in [0.15, 0.2) is 24.3 Å². The molecule has 0 spiro atoms. The molecule has 0 amide bonds. The number of rotatable bonds is 4. The quantitative estimate of drug-likeness (QED) is 0.898. The van der Waals surface area contributed by atoms with Crippen molar-refractivity contribution in [1.29, 1.82) is 0 Å². The predicted molar refractivity (Wildman–Crippen MR) is 74.5 cm³/mol. The van der Waals surface area contributed by atoms with E-state index in [2.05, 4.69) is 4.74 Å². The first-order valence-electron chi connectivity index (χ1n) is 6.40. The SMILES string of the molecule is CC(C)(C)c1cc(C=CCCN)cc(OC(F)(F)F)c1. The summed E-state index contributed by atoms with van der Waals surface area (Å²) < 4.78 is 41.1. The van der Waals surface area contributed by atoms with Crippen LogP contribution < -0.4 is 10.5 Å². The van der Waals surface area contributed by atoms with Gasteiger partial charge in [0.05, 0.1) is 0 Å². The molecule has 0 saturated carbocycles. The maximum Gasteiger partial charge on any atom is 0.573 e. The van der Waals surface area contributed by atoms with Gasteiger partial charge in [0.2, 0.25) is 0 Å². The molecular weight excluding hydrogens is 267 g/mol. The Morgan fingerprint density at radius 2 is 1.80 bits per heavy atom. The lowest BCUT2D eigenvalue weighted by Crippen LogP contribution is -2.18. The maximum absolute atomic E-state index is 12.4. The zero-order valence-electron chi connectivity index (χ0n) is 11.9. The maximum atomic E-state index is 12.4. The minimum Gasteiger partial charge on any atom is -0.406 e. The second-order valence-corrected chi connectivity index (χ2v) is 5.57. The normalized spacial score (nSPS) is 12.9. The van der Waals surface area contributed by atoms with Crippen molar-refractivity contribution < 1.29 is 17.9 Å². The molecule has 0 unspecified atom stereocenters. The fourth-order valence-corrected chi connectivity index (χ4v) is 1.66. The Hall–Kier alpha value is -1.49. The van der Waals surface area contributed by atoms with Crippen LogP contribution in [0.2, 0.25) is 0 Å². The number of benzene rings is 1. The molecule has 0 saturated heterocycles. The van der Waals surface area contributed by atoms with Crippen molar-refractivity contribution in [2.75, 3.05) is 6.54 Å². The van der Waals surface area contributed by atoms with Crippen molar-refractivity contribution in [3.63, 3.8) is 0 Å². The van der Waals surface area contributed by atoms with Crippen LogP contribution in [-0.2, 0) is 5.41 Å². The molecule has 0 aromatic heterocycles. The highest BCUT2D eigenvalue weighted by atomic mass is 19.4. The summed E-state index contributed by atoms with van der Waals surface area (Å²) in [6.07, 6.45) is -0.422. The van der Waals surface area contributed by atoms with Gasteiger partial charge in [0.1, 0.15) is 5.75 Å². The first-order chi connectivity index (χ1) is 9.12. The summed E-state index contributed by atoms with van der Waals surface area (Å²) in [6, 6.07) is 4.65. The molecule has 2 nitrogen and oxygen atoms in total. The molecule has 0 heterocycles. The summed E-state index contributed by atoms with van der Waals surface area (Å²) in [6.45, 7) is 6.31. The van der Waals surface area contributed by atoms with E-state index in [1.54, 1.807) is 6.08 Å². The Bertz CT molecular complexity index is 473. The highest BCUT2D eigenvalue weighted by molar-refractivity contribution is 5.54. The standard InChI is InChI=1S/C15H20F3NO/c1-14(2,3)12-8-11(6-4-5-7-19)9-13(10-12)20-15(16,17)18/h4,6,8-10H,5,7,19H2,1-3H3. The minimum absolute atomic E-state index is 0.197. The van der Waals surface area contributed by atoms with Crippen molar-refractivity contribution in [3.05, 3.63) is 35.4 Å². The van der Waals surface area contributed by atoms with E-state index in [-0.39, 0.29) is 11.2 Å². The molecule has 0 fully saturated rings. The third-order valence-electron chi connectivity index (χ3n) is 2.67. The lowest BCUT2D eigenvalue weighted by molar-refractivity contribution is -0.274. The van der Waals surface area contributed by atoms with Crippen molar-refractivity contribution >= 4 is 6.08 Å². The summed E-state index contributed by atoms with van der Waals surface area (Å²) in [5.74, 6) is -0.197. The molecular formula is C15H20F3NO. The van der Waals surface area contributed by atoms with Gasteiger partial charge >= 0.3 is 6.36 Å². The Balaban J connectivity index is 3.14. The monoisotopic (exact) mass is 287 g/mol. The second kappa shape index (κ2) is 6.31. The van der Waals surface area contributed by atoms with Crippen molar-refractivity contribution in [3.8, 4) is 5.75 Å². The minimum atomic E-state index is -4.69. The third kappa shape index (κ3) is 5.65. The lowest BCUT2D eigenvalue weighted by atomic mass is 9.86. The van der Waals surface area contributed by atoms with Crippen molar-refractivity contribution in [2.45, 2.75) is 39.0 Å². The van der Waals surface area contributed by atoms with Crippen LogP contribution in [0, 0.1) is 0 Å². The molecule has 0 bridgehead atoms. The summed E-state index contributed by atoms with van der Waals surface area (Å²) in [4.78, 5) is 0. The highest BCUT2D eigenvalue weighted by Crippen LogP contribution is 2.31. The van der Waals surface area contributed by atoms with Gasteiger partial charge in [-0.1, -0.05) is 39.0 Å². The van der Waals surface area contributed by atoms with E-state index >= 15 is 0 Å². The number of alkyl halides is 3. The van der Waals surface area contributed by atoms with Crippen LogP contribution in [-0.4, -0.2) is 12.9 Å². The van der Waals surface area contributed by atoms with Gasteiger partial charge in [-0.15, -0.1) is 13.2 Å². The van der Waals surface area contributed by atoms with E-state index in [9.17, 15) is 13.2 Å². The topological polar surface area (TPSA) is 35.2 Å². The number of hydrogen-bond donors (Lipinski definition) is 1. The fraction of sp³-hybridized carbons (Fsp3) is 0.467. The van der Waals surface area contributed by atoms with Gasteiger partial charge < -0.3 is 10.5 Å². The molecule has 0 aliphatic heterocycles. The van der Waals surface area contributed by atoms with Crippen molar-refractivity contribution in [1.82, 2.24) is 0 Å². The molecule has 112 valence electrons. The van der Waals surface area contributed by atoms with Gasteiger partial charge in [-0.2, -0.15) is 0 Å². The van der Waals surface area contributed by atoms with Gasteiger partial charge in [0, 0.05) is 0 Å². The fourth-order valence-electron chi connectivity index (χ4n) is 1.66. The Labute approximate surface area is 117 Å². The third-order valence-corrected chi connectivity index (χ3v) is 2.67. The summed E-state index contributed by atoms with van der Waals surface area (Å²) >= 11 is 0. The zero-order chi connectivity index (χ0) is 15.4. The molecule has 1 rings (SSSR count). The predicted octanol–water partition coefficient (Wildman–Crippen LogP) is 4.24. The Morgan fingerprint density at radius 1 is 1.15 bits per heavy atom. The van der Waals surface area contributed by atoms with E-state index in [1.165, 1.54) is 12.1 Å². The molecule has 5 heteroatoms. The van der Waals surface area contributed by atoms with Crippen LogP contribution >= 0.6 is 0 Å². The molecule has 0 aliphatic carbocycles. The summed E-state index contributed by atoms with van der Waals surface area (Å²) in [5.41, 5.74) is 6.57. The number of ether oxygens (including phenoxy) is 1. The van der Waals surface area contributed by atoms with Gasteiger partial charge in [-0.3, -0.25) is 0 Å². The smallest absolute Gasteiger partial charge is 0.406 e. The van der Waals surface area contributed by atoms with Crippen LogP contribution in [0.25, 0.3) is 6.08 Å². The molecule has 0 radical (unpaired) electrons. The van der Waals surface area contributed by atoms with Crippen molar-refractivity contribution in [2.24, 2.45) is 5.73 Å². The van der Waals surface area contributed by atoms with E-state index < -0.39 is 6.36 Å². The van der Waals surface area contributed by atoms with Crippen LogP contribution in [0.3, 0.4) is 0 Å². The average Bonchev–Trinajstić information content (AvgIpc) is 2.25. The van der Waals surface area contributed by atoms with E-state index in [1.807, 2.05) is 32.9 Å². The largest absolute Gasteiger partial charge is 0.573 e. The summed E-state index contributed by atoms with van der Waals surface area (Å²) in [7, 11) is 0. The summed E-state index contributed by atoms with van der Waals surface area (Å²) in [5, 5.41) is 0. The highest BCUT2D eigenvalue weighted by Gasteiger charge is 2.31. The van der Waals surface area contributed by atoms with E-state index in [0.717, 1.165) is 5.56 Å². The molecule has 2 N–H and O–H groups in total. The average molecular weight is 287 g/mol. The van der Waals surface area contributed by atoms with Gasteiger partial charge in [-0.25, -0.2) is 0 Å². The van der Waals surface area contributed by atoms with E-state index in [4.69, 9.17) is 5.73 Å². The van der Waals surface area contributed by atoms with E-state index in [0.29, 0.717) is 18.5 Å². The second-order valence-electron chi connectivity index (χ2n) is 5.57. The number of hydrogen-bond acceptors (Lipinski definition) is 2. The Kier molecular flexibility index (Phi) is 5.22. The van der Waals surface area contributed by atoms with Gasteiger partial charge in [0.25, 0.3) is 0 Å². The lowest BCUT2D eigenvalue weighted by Gasteiger charge is -2.21. The van der Waals surface area contributed by atoms with Crippen LogP contribution in [0.5, 0.6) is 5.75 Å². The molecule has 0 atom stereocenters. The van der Waals surface area contributed by atoms with Gasteiger partial charge in [0.15, 0.2) is 0 Å². The number of halogens is 3. The van der Waals surface area contributed by atoms with Crippen LogP contribution in [0.4, 0.5) is 13.2 Å². The zero-order valence-corrected chi connectivity index (χ0v) is 11.9. The first-order valence-corrected chi connectivity index (χ1v) is 6.40. The van der Waals surface area contributed by atoms with Gasteiger partial charge in [-0.05, 0) is 41.6 Å². The first kappa shape index (κ1) is 16.6.